The number of furan rings is 1. The number of hydrogen-bond donors (Lipinski definition) is 1. The number of benzene rings is 2. The summed E-state index contributed by atoms with van der Waals surface area (Å²) in [4.78, 5) is 14.5. The quantitative estimate of drug-likeness (QED) is 0.610. The molecule has 1 aliphatic rings. The molecule has 27 heavy (non-hydrogen) atoms. The Hall–Kier alpha value is -2.79. The van der Waals surface area contributed by atoms with Crippen LogP contribution in [0.15, 0.2) is 81.6 Å². The molecule has 2 heterocycles. The van der Waals surface area contributed by atoms with E-state index in [2.05, 4.69) is 15.9 Å². The van der Waals surface area contributed by atoms with Crippen LogP contribution in [0.2, 0.25) is 0 Å². The standard InChI is InChI=1S/C22H18BrNO3/c1-14-4-6-15(7-5-14)19-20(16-8-10-17(23)11-9-16)24(22(26)21(19)25)13-18-3-2-12-27-18/h2-12,20,25H,13H2,1H3. The van der Waals surface area contributed by atoms with Crippen molar-refractivity contribution in [1.82, 2.24) is 4.90 Å². The molecule has 1 aliphatic heterocycles. The van der Waals surface area contributed by atoms with Crippen molar-refractivity contribution >= 4 is 27.4 Å². The molecule has 1 amide bonds. The molecule has 0 radical (unpaired) electrons. The van der Waals surface area contributed by atoms with Crippen molar-refractivity contribution in [3.63, 3.8) is 0 Å². The molecule has 136 valence electrons. The first-order chi connectivity index (χ1) is 13.0. The highest BCUT2D eigenvalue weighted by Crippen LogP contribution is 2.43. The molecule has 0 bridgehead atoms. The molecule has 1 N–H and O–H groups in total. The Bertz CT molecular complexity index is 989. The summed E-state index contributed by atoms with van der Waals surface area (Å²) in [6.07, 6.45) is 1.58. The van der Waals surface area contributed by atoms with Crippen LogP contribution in [-0.4, -0.2) is 15.9 Å². The van der Waals surface area contributed by atoms with Gasteiger partial charge in [0.05, 0.1) is 18.8 Å². The molecule has 4 rings (SSSR count). The zero-order valence-electron chi connectivity index (χ0n) is 14.7. The zero-order valence-corrected chi connectivity index (χ0v) is 16.3. The van der Waals surface area contributed by atoms with E-state index in [0.717, 1.165) is 21.2 Å². The molecular formula is C22H18BrNO3. The van der Waals surface area contributed by atoms with Gasteiger partial charge in [0.1, 0.15) is 5.76 Å². The predicted molar refractivity (Wildman–Crippen MR) is 107 cm³/mol. The number of aryl methyl sites for hydroxylation is 1. The van der Waals surface area contributed by atoms with E-state index >= 15 is 0 Å². The SMILES string of the molecule is Cc1ccc(C2=C(O)C(=O)N(Cc3ccco3)C2c2ccc(Br)cc2)cc1. The van der Waals surface area contributed by atoms with Crippen molar-refractivity contribution in [2.75, 3.05) is 0 Å². The molecule has 0 saturated heterocycles. The van der Waals surface area contributed by atoms with Gasteiger partial charge in [0.25, 0.3) is 5.91 Å². The number of aliphatic hydroxyl groups excluding tert-OH is 1. The lowest BCUT2D eigenvalue weighted by Crippen LogP contribution is -2.29. The lowest BCUT2D eigenvalue weighted by Gasteiger charge is -2.26. The molecule has 0 spiro atoms. The lowest BCUT2D eigenvalue weighted by atomic mass is 9.93. The lowest BCUT2D eigenvalue weighted by molar-refractivity contribution is -0.130. The fourth-order valence-electron chi connectivity index (χ4n) is 3.41. The Morgan fingerprint density at radius 3 is 2.41 bits per heavy atom. The van der Waals surface area contributed by atoms with Crippen LogP contribution in [0.5, 0.6) is 0 Å². The molecule has 3 aromatic rings. The van der Waals surface area contributed by atoms with Gasteiger partial charge in [0.2, 0.25) is 0 Å². The van der Waals surface area contributed by atoms with E-state index in [9.17, 15) is 9.90 Å². The number of amides is 1. The van der Waals surface area contributed by atoms with Crippen LogP contribution in [0, 0.1) is 6.92 Å². The van der Waals surface area contributed by atoms with Crippen molar-refractivity contribution in [2.24, 2.45) is 0 Å². The average molecular weight is 424 g/mol. The van der Waals surface area contributed by atoms with Gasteiger partial charge in [-0.05, 0) is 42.3 Å². The monoisotopic (exact) mass is 423 g/mol. The minimum atomic E-state index is -0.394. The highest BCUT2D eigenvalue weighted by atomic mass is 79.9. The topological polar surface area (TPSA) is 53.7 Å². The molecule has 2 aromatic carbocycles. The van der Waals surface area contributed by atoms with Gasteiger partial charge in [0, 0.05) is 10.0 Å². The fourth-order valence-corrected chi connectivity index (χ4v) is 3.67. The van der Waals surface area contributed by atoms with Gasteiger partial charge < -0.3 is 14.4 Å². The summed E-state index contributed by atoms with van der Waals surface area (Å²) in [5, 5.41) is 10.7. The second-order valence-electron chi connectivity index (χ2n) is 6.59. The van der Waals surface area contributed by atoms with Crippen LogP contribution in [-0.2, 0) is 11.3 Å². The molecule has 0 saturated carbocycles. The Morgan fingerprint density at radius 1 is 1.07 bits per heavy atom. The van der Waals surface area contributed by atoms with Crippen LogP contribution in [0.1, 0.15) is 28.5 Å². The smallest absolute Gasteiger partial charge is 0.290 e. The molecule has 1 unspecified atom stereocenters. The maximum atomic E-state index is 12.9. The van der Waals surface area contributed by atoms with E-state index in [4.69, 9.17) is 4.42 Å². The Balaban J connectivity index is 1.82. The van der Waals surface area contributed by atoms with Gasteiger partial charge >= 0.3 is 0 Å². The van der Waals surface area contributed by atoms with Crippen LogP contribution in [0.4, 0.5) is 0 Å². The number of nitrogens with zero attached hydrogens (tertiary/aromatic N) is 1. The van der Waals surface area contributed by atoms with Crippen molar-refractivity contribution < 1.29 is 14.3 Å². The molecule has 0 fully saturated rings. The van der Waals surface area contributed by atoms with Gasteiger partial charge in [-0.3, -0.25) is 4.79 Å². The summed E-state index contributed by atoms with van der Waals surface area (Å²) >= 11 is 3.45. The molecule has 1 aromatic heterocycles. The second-order valence-corrected chi connectivity index (χ2v) is 7.51. The molecule has 4 nitrogen and oxygen atoms in total. The summed E-state index contributed by atoms with van der Waals surface area (Å²) < 4.78 is 6.39. The van der Waals surface area contributed by atoms with Gasteiger partial charge in [-0.25, -0.2) is 0 Å². The maximum Gasteiger partial charge on any atom is 0.290 e. The summed E-state index contributed by atoms with van der Waals surface area (Å²) in [5.41, 5.74) is 3.50. The Labute approximate surface area is 165 Å². The summed E-state index contributed by atoms with van der Waals surface area (Å²) in [6.45, 7) is 2.29. The fraction of sp³-hybridized carbons (Fsp3) is 0.136. The van der Waals surface area contributed by atoms with Gasteiger partial charge in [-0.2, -0.15) is 0 Å². The van der Waals surface area contributed by atoms with Crippen LogP contribution in [0.3, 0.4) is 0 Å². The number of aliphatic hydroxyl groups is 1. The van der Waals surface area contributed by atoms with Crippen molar-refractivity contribution in [3.8, 4) is 0 Å². The average Bonchev–Trinajstić information content (AvgIpc) is 3.26. The predicted octanol–water partition coefficient (Wildman–Crippen LogP) is 5.40. The van der Waals surface area contributed by atoms with E-state index in [1.807, 2.05) is 61.5 Å². The molecule has 0 aliphatic carbocycles. The van der Waals surface area contributed by atoms with Gasteiger partial charge in [-0.15, -0.1) is 0 Å². The zero-order chi connectivity index (χ0) is 19.0. The first-order valence-electron chi connectivity index (χ1n) is 8.63. The minimum Gasteiger partial charge on any atom is -0.503 e. The number of carbonyl (C=O) groups excluding carboxylic acids is 1. The van der Waals surface area contributed by atoms with E-state index in [1.54, 1.807) is 17.2 Å². The third-order valence-corrected chi connectivity index (χ3v) is 5.29. The van der Waals surface area contributed by atoms with Crippen LogP contribution >= 0.6 is 15.9 Å². The first kappa shape index (κ1) is 17.6. The van der Waals surface area contributed by atoms with Crippen molar-refractivity contribution in [2.45, 2.75) is 19.5 Å². The highest BCUT2D eigenvalue weighted by molar-refractivity contribution is 9.10. The molecular weight excluding hydrogens is 406 g/mol. The number of hydrogen-bond acceptors (Lipinski definition) is 3. The van der Waals surface area contributed by atoms with Crippen molar-refractivity contribution in [1.29, 1.82) is 0 Å². The van der Waals surface area contributed by atoms with E-state index in [0.29, 0.717) is 11.3 Å². The van der Waals surface area contributed by atoms with Gasteiger partial charge in [-0.1, -0.05) is 57.9 Å². The summed E-state index contributed by atoms with van der Waals surface area (Å²) in [7, 11) is 0. The summed E-state index contributed by atoms with van der Waals surface area (Å²) in [6, 6.07) is 18.9. The normalized spacial score (nSPS) is 17.0. The first-order valence-corrected chi connectivity index (χ1v) is 9.43. The van der Waals surface area contributed by atoms with Crippen molar-refractivity contribution in [3.05, 3.63) is 99.6 Å². The number of carbonyl (C=O) groups is 1. The van der Waals surface area contributed by atoms with Crippen LogP contribution < -0.4 is 0 Å². The molecule has 1 atom stereocenters. The Morgan fingerprint density at radius 2 is 1.78 bits per heavy atom. The Kier molecular flexibility index (Phi) is 4.62. The largest absolute Gasteiger partial charge is 0.503 e. The second kappa shape index (κ2) is 7.08. The third kappa shape index (κ3) is 3.30. The third-order valence-electron chi connectivity index (χ3n) is 4.76. The van der Waals surface area contributed by atoms with Gasteiger partial charge in [0.15, 0.2) is 5.76 Å². The number of halogens is 1. The van der Waals surface area contributed by atoms with E-state index < -0.39 is 11.9 Å². The minimum absolute atomic E-state index is 0.210. The van der Waals surface area contributed by atoms with E-state index in [-0.39, 0.29) is 12.3 Å². The maximum absolute atomic E-state index is 12.9. The van der Waals surface area contributed by atoms with E-state index in [1.165, 1.54) is 0 Å². The summed E-state index contributed by atoms with van der Waals surface area (Å²) in [5.74, 6) is 0.0663. The van der Waals surface area contributed by atoms with Crippen LogP contribution in [0.25, 0.3) is 5.57 Å². The molecule has 5 heteroatoms. The number of rotatable bonds is 4. The highest BCUT2D eigenvalue weighted by Gasteiger charge is 2.41.